The third kappa shape index (κ3) is 6.11. The normalized spacial score (nSPS) is 24.9. The Morgan fingerprint density at radius 2 is 1.62 bits per heavy atom. The maximum atomic E-state index is 14.1. The van der Waals surface area contributed by atoms with Crippen LogP contribution >= 0.6 is 0 Å². The van der Waals surface area contributed by atoms with Crippen LogP contribution in [-0.2, 0) is 27.3 Å². The molecule has 4 fully saturated rings. The number of furan rings is 1. The summed E-state index contributed by atoms with van der Waals surface area (Å²) in [6.45, 7) is 1.72. The fourth-order valence-corrected chi connectivity index (χ4v) is 7.61. The van der Waals surface area contributed by atoms with Gasteiger partial charge in [-0.2, -0.15) is 0 Å². The number of hydrogen-bond donors (Lipinski definition) is 0. The molecule has 4 aliphatic rings. The number of nitrogens with zero attached hydrogens (tertiary/aromatic N) is 2. The Balaban J connectivity index is 1.31. The molecule has 1 aromatic carbocycles. The van der Waals surface area contributed by atoms with Crippen LogP contribution in [0.4, 0.5) is 0 Å². The van der Waals surface area contributed by atoms with E-state index in [2.05, 4.69) is 0 Å². The van der Waals surface area contributed by atoms with Gasteiger partial charge in [0.15, 0.2) is 11.5 Å². The number of carbonyl (C=O) groups is 2. The number of rotatable bonds is 13. The van der Waals surface area contributed by atoms with Crippen LogP contribution in [0.3, 0.4) is 0 Å². The predicted octanol–water partition coefficient (Wildman–Crippen LogP) is 4.56. The van der Waals surface area contributed by atoms with E-state index in [0.717, 1.165) is 24.8 Å². The first-order valence-electron chi connectivity index (χ1n) is 14.2. The molecule has 1 heterocycles. The Morgan fingerprint density at radius 3 is 2.21 bits per heavy atom. The Labute approximate surface area is 231 Å². The van der Waals surface area contributed by atoms with Crippen LogP contribution in [0.25, 0.3) is 0 Å². The quantitative estimate of drug-likeness (QED) is 0.372. The predicted molar refractivity (Wildman–Crippen MR) is 146 cm³/mol. The minimum Gasteiger partial charge on any atom is -0.493 e. The lowest BCUT2D eigenvalue weighted by Crippen LogP contribution is -2.56. The average Bonchev–Trinajstić information content (AvgIpc) is 3.45. The van der Waals surface area contributed by atoms with Crippen LogP contribution in [-0.4, -0.2) is 69.2 Å². The van der Waals surface area contributed by atoms with Crippen molar-refractivity contribution in [1.82, 2.24) is 9.80 Å². The third-order valence-electron chi connectivity index (χ3n) is 9.07. The molecule has 6 rings (SSSR count). The van der Waals surface area contributed by atoms with Crippen LogP contribution in [0.1, 0.15) is 49.8 Å². The molecular formula is C31H42N2O6. The van der Waals surface area contributed by atoms with Gasteiger partial charge in [0.2, 0.25) is 11.8 Å². The third-order valence-corrected chi connectivity index (χ3v) is 9.07. The van der Waals surface area contributed by atoms with E-state index in [-0.39, 0.29) is 23.8 Å². The van der Waals surface area contributed by atoms with Crippen LogP contribution in [0.2, 0.25) is 0 Å². The number of hydrogen-bond acceptors (Lipinski definition) is 6. The highest BCUT2D eigenvalue weighted by Crippen LogP contribution is 2.60. The maximum absolute atomic E-state index is 14.1. The molecule has 8 nitrogen and oxygen atoms in total. The standard InChI is InChI=1S/C31H42N2O6/c1-36-12-10-33(30(35)31-17-23-13-24(18-31)15-25(14-23)19-31)21-29(34)32(20-26-5-4-11-39-26)9-8-22-6-7-27(37-2)28(16-22)38-3/h4-7,11,16,23-25H,8-10,12-15,17-21H2,1-3H3. The van der Waals surface area contributed by atoms with Gasteiger partial charge in [-0.15, -0.1) is 0 Å². The fraction of sp³-hybridized carbons (Fsp3) is 0.613. The molecule has 0 saturated heterocycles. The van der Waals surface area contributed by atoms with E-state index < -0.39 is 0 Å². The first-order valence-corrected chi connectivity index (χ1v) is 14.2. The minimum absolute atomic E-state index is 0.0522. The molecule has 0 unspecified atom stereocenters. The van der Waals surface area contributed by atoms with Crippen molar-refractivity contribution in [2.45, 2.75) is 51.5 Å². The summed E-state index contributed by atoms with van der Waals surface area (Å²) in [4.78, 5) is 31.5. The second kappa shape index (κ2) is 12.0. The molecule has 0 N–H and O–H groups in total. The van der Waals surface area contributed by atoms with E-state index in [0.29, 0.717) is 67.7 Å². The largest absolute Gasteiger partial charge is 0.493 e. The smallest absolute Gasteiger partial charge is 0.242 e. The molecule has 212 valence electrons. The highest BCUT2D eigenvalue weighted by atomic mass is 16.5. The Morgan fingerprint density at radius 1 is 0.923 bits per heavy atom. The van der Waals surface area contributed by atoms with E-state index in [4.69, 9.17) is 18.6 Å². The molecule has 2 amide bonds. The van der Waals surface area contributed by atoms with Gasteiger partial charge in [-0.25, -0.2) is 0 Å². The number of ether oxygens (including phenoxy) is 3. The van der Waals surface area contributed by atoms with Crippen LogP contribution in [0.15, 0.2) is 41.0 Å². The molecule has 2 aromatic rings. The summed E-state index contributed by atoms with van der Waals surface area (Å²) in [6.07, 6.45) is 9.01. The van der Waals surface area contributed by atoms with Crippen molar-refractivity contribution < 1.29 is 28.2 Å². The van der Waals surface area contributed by atoms with Crippen molar-refractivity contribution in [2.24, 2.45) is 23.2 Å². The number of benzene rings is 1. The molecule has 0 spiro atoms. The Bertz CT molecular complexity index is 1090. The van der Waals surface area contributed by atoms with Crippen molar-refractivity contribution in [3.05, 3.63) is 47.9 Å². The zero-order valence-electron chi connectivity index (χ0n) is 23.5. The zero-order valence-corrected chi connectivity index (χ0v) is 23.5. The number of methoxy groups -OCH3 is 3. The van der Waals surface area contributed by atoms with Crippen molar-refractivity contribution in [3.63, 3.8) is 0 Å². The van der Waals surface area contributed by atoms with E-state index in [1.165, 1.54) is 19.3 Å². The summed E-state index contributed by atoms with van der Waals surface area (Å²) in [6, 6.07) is 9.51. The SMILES string of the molecule is COCCN(CC(=O)N(CCc1ccc(OC)c(OC)c1)Cc1ccco1)C(=O)C12CC3CC(CC(C3)C1)C2. The summed E-state index contributed by atoms with van der Waals surface area (Å²) in [5, 5.41) is 0. The van der Waals surface area contributed by atoms with Gasteiger partial charge in [0, 0.05) is 20.2 Å². The highest BCUT2D eigenvalue weighted by molar-refractivity contribution is 5.88. The monoisotopic (exact) mass is 538 g/mol. The topological polar surface area (TPSA) is 81.5 Å². The first-order chi connectivity index (χ1) is 18.9. The highest BCUT2D eigenvalue weighted by Gasteiger charge is 2.55. The molecule has 0 atom stereocenters. The van der Waals surface area contributed by atoms with Crippen LogP contribution in [0, 0.1) is 23.2 Å². The Hall–Kier alpha value is -3.00. The molecule has 0 radical (unpaired) electrons. The molecule has 39 heavy (non-hydrogen) atoms. The van der Waals surface area contributed by atoms with Gasteiger partial charge >= 0.3 is 0 Å². The zero-order chi connectivity index (χ0) is 27.4. The average molecular weight is 539 g/mol. The lowest BCUT2D eigenvalue weighted by atomic mass is 9.49. The van der Waals surface area contributed by atoms with Crippen molar-refractivity contribution in [2.75, 3.05) is 47.6 Å². The molecular weight excluding hydrogens is 496 g/mol. The second-order valence-electron chi connectivity index (χ2n) is 11.8. The maximum Gasteiger partial charge on any atom is 0.242 e. The summed E-state index contributed by atoms with van der Waals surface area (Å²) in [5.74, 6) is 4.11. The summed E-state index contributed by atoms with van der Waals surface area (Å²) in [7, 11) is 4.87. The molecule has 4 aliphatic carbocycles. The minimum atomic E-state index is -0.297. The summed E-state index contributed by atoms with van der Waals surface area (Å²) in [5.41, 5.74) is 0.736. The fourth-order valence-electron chi connectivity index (χ4n) is 7.61. The van der Waals surface area contributed by atoms with Crippen LogP contribution < -0.4 is 9.47 Å². The molecule has 0 aliphatic heterocycles. The lowest BCUT2D eigenvalue weighted by molar-refractivity contribution is -0.161. The van der Waals surface area contributed by atoms with Gasteiger partial charge in [0.25, 0.3) is 0 Å². The Kier molecular flexibility index (Phi) is 8.50. The summed E-state index contributed by atoms with van der Waals surface area (Å²) < 4.78 is 21.8. The molecule has 4 bridgehead atoms. The van der Waals surface area contributed by atoms with Crippen LogP contribution in [0.5, 0.6) is 11.5 Å². The van der Waals surface area contributed by atoms with E-state index >= 15 is 0 Å². The second-order valence-corrected chi connectivity index (χ2v) is 11.8. The number of carbonyl (C=O) groups excluding carboxylic acids is 2. The molecule has 4 saturated carbocycles. The van der Waals surface area contributed by atoms with E-state index in [9.17, 15) is 9.59 Å². The molecule has 8 heteroatoms. The van der Waals surface area contributed by atoms with E-state index in [1.54, 1.807) is 37.4 Å². The van der Waals surface area contributed by atoms with Gasteiger partial charge in [0.05, 0.1) is 45.6 Å². The van der Waals surface area contributed by atoms with Crippen molar-refractivity contribution in [3.8, 4) is 11.5 Å². The molecule has 1 aromatic heterocycles. The van der Waals surface area contributed by atoms with Gasteiger partial charge in [-0.1, -0.05) is 6.07 Å². The number of amides is 2. The van der Waals surface area contributed by atoms with Gasteiger partial charge in [-0.3, -0.25) is 9.59 Å². The lowest BCUT2D eigenvalue weighted by Gasteiger charge is -2.56. The van der Waals surface area contributed by atoms with Gasteiger partial charge in [-0.05, 0) is 92.5 Å². The first kappa shape index (κ1) is 27.6. The van der Waals surface area contributed by atoms with Gasteiger partial charge < -0.3 is 28.4 Å². The van der Waals surface area contributed by atoms with Gasteiger partial charge in [0.1, 0.15) is 5.76 Å². The van der Waals surface area contributed by atoms with Crippen molar-refractivity contribution in [1.29, 1.82) is 0 Å². The van der Waals surface area contributed by atoms with Crippen molar-refractivity contribution >= 4 is 11.8 Å². The van der Waals surface area contributed by atoms with E-state index in [1.807, 2.05) is 30.3 Å². The summed E-state index contributed by atoms with van der Waals surface area (Å²) >= 11 is 0.